The number of aryl methyl sites for hydroxylation is 1. The molecule has 6 heteroatoms. The van der Waals surface area contributed by atoms with E-state index in [0.29, 0.717) is 10.0 Å². The number of aromatic nitrogens is 2. The summed E-state index contributed by atoms with van der Waals surface area (Å²) in [6, 6.07) is 5.43. The third-order valence-corrected chi connectivity index (χ3v) is 3.72. The summed E-state index contributed by atoms with van der Waals surface area (Å²) in [4.78, 5) is 0. The molecule has 4 nitrogen and oxygen atoms in total. The number of hydrogen-bond donors (Lipinski definition) is 1. The van der Waals surface area contributed by atoms with Crippen molar-refractivity contribution in [3.05, 3.63) is 45.7 Å². The lowest BCUT2D eigenvalue weighted by Crippen LogP contribution is -2.22. The van der Waals surface area contributed by atoms with Crippen LogP contribution in [-0.4, -0.2) is 23.9 Å². The van der Waals surface area contributed by atoms with Gasteiger partial charge in [0.2, 0.25) is 0 Å². The standard InChI is InChI=1S/C15H19Cl2N3O/c1-4-5-20-15(13(21-3)9-19-20)14(18-2)10-6-11(16)8-12(17)7-10/h6-9,14,18H,4-5H2,1-3H3. The van der Waals surface area contributed by atoms with Gasteiger partial charge >= 0.3 is 0 Å². The van der Waals surface area contributed by atoms with Crippen molar-refractivity contribution in [1.29, 1.82) is 0 Å². The van der Waals surface area contributed by atoms with Gasteiger partial charge in [-0.3, -0.25) is 4.68 Å². The molecular weight excluding hydrogens is 309 g/mol. The van der Waals surface area contributed by atoms with Crippen LogP contribution in [0.1, 0.15) is 30.6 Å². The summed E-state index contributed by atoms with van der Waals surface area (Å²) in [6.07, 6.45) is 2.73. The summed E-state index contributed by atoms with van der Waals surface area (Å²) in [5.41, 5.74) is 1.95. The Morgan fingerprint density at radius 3 is 2.48 bits per heavy atom. The lowest BCUT2D eigenvalue weighted by molar-refractivity contribution is 0.400. The minimum Gasteiger partial charge on any atom is -0.493 e. The Labute approximate surface area is 135 Å². The second-order valence-corrected chi connectivity index (χ2v) is 5.62. The topological polar surface area (TPSA) is 39.1 Å². The highest BCUT2D eigenvalue weighted by molar-refractivity contribution is 6.34. The molecule has 1 N–H and O–H groups in total. The van der Waals surface area contributed by atoms with Crippen molar-refractivity contribution >= 4 is 23.2 Å². The highest BCUT2D eigenvalue weighted by Crippen LogP contribution is 2.32. The minimum absolute atomic E-state index is 0.0924. The first-order valence-corrected chi connectivity index (χ1v) is 7.59. The summed E-state index contributed by atoms with van der Waals surface area (Å²) in [6.45, 7) is 2.94. The first-order chi connectivity index (χ1) is 10.1. The molecule has 1 heterocycles. The van der Waals surface area contributed by atoms with Crippen LogP contribution in [0.25, 0.3) is 0 Å². The largest absolute Gasteiger partial charge is 0.493 e. The van der Waals surface area contributed by atoms with Crippen molar-refractivity contribution in [3.8, 4) is 5.75 Å². The Balaban J connectivity index is 2.52. The average molecular weight is 328 g/mol. The number of benzene rings is 1. The molecule has 0 aliphatic rings. The molecule has 1 aromatic carbocycles. The second-order valence-electron chi connectivity index (χ2n) is 4.75. The maximum atomic E-state index is 6.12. The van der Waals surface area contributed by atoms with Gasteiger partial charge in [-0.2, -0.15) is 5.10 Å². The van der Waals surface area contributed by atoms with Gasteiger partial charge < -0.3 is 10.1 Å². The molecule has 2 aromatic rings. The van der Waals surface area contributed by atoms with Crippen LogP contribution < -0.4 is 10.1 Å². The van der Waals surface area contributed by atoms with Crippen molar-refractivity contribution in [2.24, 2.45) is 0 Å². The molecule has 1 atom stereocenters. The van der Waals surface area contributed by atoms with E-state index in [-0.39, 0.29) is 6.04 Å². The van der Waals surface area contributed by atoms with Crippen LogP contribution in [0.5, 0.6) is 5.75 Å². The molecule has 0 radical (unpaired) electrons. The normalized spacial score (nSPS) is 12.4. The van der Waals surface area contributed by atoms with Crippen molar-refractivity contribution in [1.82, 2.24) is 15.1 Å². The number of hydrogen-bond acceptors (Lipinski definition) is 3. The van der Waals surface area contributed by atoms with Gasteiger partial charge in [-0.05, 0) is 37.2 Å². The summed E-state index contributed by atoms with van der Waals surface area (Å²) < 4.78 is 7.40. The van der Waals surface area contributed by atoms with Crippen molar-refractivity contribution < 1.29 is 4.74 Å². The fourth-order valence-corrected chi connectivity index (χ4v) is 2.96. The van der Waals surface area contributed by atoms with Crippen LogP contribution in [0, 0.1) is 0 Å². The molecule has 0 saturated heterocycles. The highest BCUT2D eigenvalue weighted by Gasteiger charge is 2.22. The summed E-state index contributed by atoms with van der Waals surface area (Å²) >= 11 is 12.2. The minimum atomic E-state index is -0.0924. The summed E-state index contributed by atoms with van der Waals surface area (Å²) in [5, 5.41) is 8.91. The predicted octanol–water partition coefficient (Wildman–Crippen LogP) is 3.92. The molecule has 0 aliphatic carbocycles. The van der Waals surface area contributed by atoms with E-state index in [1.165, 1.54) is 0 Å². The Morgan fingerprint density at radius 1 is 1.29 bits per heavy atom. The van der Waals surface area contributed by atoms with Crippen LogP contribution in [0.4, 0.5) is 0 Å². The zero-order valence-corrected chi connectivity index (χ0v) is 13.9. The van der Waals surface area contributed by atoms with E-state index in [2.05, 4.69) is 17.3 Å². The number of nitrogens with one attached hydrogen (secondary N) is 1. The molecule has 0 spiro atoms. The van der Waals surface area contributed by atoms with Crippen LogP contribution in [0.3, 0.4) is 0 Å². The number of ether oxygens (including phenoxy) is 1. The van der Waals surface area contributed by atoms with E-state index < -0.39 is 0 Å². The maximum Gasteiger partial charge on any atom is 0.161 e. The molecule has 1 aromatic heterocycles. The van der Waals surface area contributed by atoms with E-state index in [4.69, 9.17) is 27.9 Å². The molecule has 0 fully saturated rings. The van der Waals surface area contributed by atoms with Crippen molar-refractivity contribution in [3.63, 3.8) is 0 Å². The molecule has 0 aliphatic heterocycles. The fraction of sp³-hybridized carbons (Fsp3) is 0.400. The highest BCUT2D eigenvalue weighted by atomic mass is 35.5. The van der Waals surface area contributed by atoms with Crippen LogP contribution >= 0.6 is 23.2 Å². The zero-order chi connectivity index (χ0) is 15.4. The first kappa shape index (κ1) is 16.1. The fourth-order valence-electron chi connectivity index (χ4n) is 2.42. The van der Waals surface area contributed by atoms with Gasteiger partial charge in [0.05, 0.1) is 19.3 Å². The molecule has 0 saturated carbocycles. The lowest BCUT2D eigenvalue weighted by atomic mass is 10.0. The zero-order valence-electron chi connectivity index (χ0n) is 12.4. The number of nitrogens with zero attached hydrogens (tertiary/aromatic N) is 2. The Kier molecular flexibility index (Phi) is 5.51. The number of rotatable bonds is 6. The molecule has 0 bridgehead atoms. The van der Waals surface area contributed by atoms with Crippen molar-refractivity contribution in [2.45, 2.75) is 25.9 Å². The molecule has 1 unspecified atom stereocenters. The van der Waals surface area contributed by atoms with Gasteiger partial charge in [-0.1, -0.05) is 30.1 Å². The summed E-state index contributed by atoms with van der Waals surface area (Å²) in [7, 11) is 3.54. The number of methoxy groups -OCH3 is 1. The smallest absolute Gasteiger partial charge is 0.161 e. The molecule has 114 valence electrons. The second kappa shape index (κ2) is 7.16. The van der Waals surface area contributed by atoms with Gasteiger partial charge in [0.15, 0.2) is 5.75 Å². The van der Waals surface area contributed by atoms with E-state index >= 15 is 0 Å². The quantitative estimate of drug-likeness (QED) is 0.874. The van der Waals surface area contributed by atoms with E-state index in [9.17, 15) is 0 Å². The van der Waals surface area contributed by atoms with E-state index in [1.807, 2.05) is 23.9 Å². The summed E-state index contributed by atoms with van der Waals surface area (Å²) in [5.74, 6) is 0.749. The SMILES string of the molecule is CCCn1ncc(OC)c1C(NC)c1cc(Cl)cc(Cl)c1. The molecule has 21 heavy (non-hydrogen) atoms. The Morgan fingerprint density at radius 2 is 1.95 bits per heavy atom. The maximum absolute atomic E-state index is 6.12. The van der Waals surface area contributed by atoms with E-state index in [1.54, 1.807) is 19.4 Å². The van der Waals surface area contributed by atoms with Gasteiger partial charge in [0.1, 0.15) is 5.69 Å². The van der Waals surface area contributed by atoms with Crippen LogP contribution in [0.2, 0.25) is 10.0 Å². The Hall–Kier alpha value is -1.23. The van der Waals surface area contributed by atoms with E-state index in [0.717, 1.165) is 30.0 Å². The van der Waals surface area contributed by atoms with Crippen LogP contribution in [0.15, 0.2) is 24.4 Å². The van der Waals surface area contributed by atoms with Gasteiger partial charge in [0.25, 0.3) is 0 Å². The van der Waals surface area contributed by atoms with Crippen LogP contribution in [-0.2, 0) is 6.54 Å². The monoisotopic (exact) mass is 327 g/mol. The average Bonchev–Trinajstić information content (AvgIpc) is 2.82. The Bertz CT molecular complexity index is 593. The third-order valence-electron chi connectivity index (χ3n) is 3.28. The van der Waals surface area contributed by atoms with Gasteiger partial charge in [-0.15, -0.1) is 0 Å². The molecular formula is C15H19Cl2N3O. The molecule has 2 rings (SSSR count). The first-order valence-electron chi connectivity index (χ1n) is 6.83. The van der Waals surface area contributed by atoms with Crippen molar-refractivity contribution in [2.75, 3.05) is 14.2 Å². The molecule has 0 amide bonds. The predicted molar refractivity (Wildman–Crippen MR) is 86.4 cm³/mol. The lowest BCUT2D eigenvalue weighted by Gasteiger charge is -2.20. The third kappa shape index (κ3) is 3.51. The number of halogens is 2. The van der Waals surface area contributed by atoms with Gasteiger partial charge in [0, 0.05) is 16.6 Å². The van der Waals surface area contributed by atoms with Gasteiger partial charge in [-0.25, -0.2) is 0 Å².